The van der Waals surface area contributed by atoms with E-state index >= 15 is 0 Å². The third-order valence-electron chi connectivity index (χ3n) is 5.14. The molecule has 2 amide bonds. The molecule has 0 spiro atoms. The normalized spacial score (nSPS) is 21.0. The number of aromatic nitrogens is 3. The molecule has 7 heteroatoms. The number of hydrogen-bond donors (Lipinski definition) is 1. The molecule has 1 atom stereocenters. The number of hydrogen-bond acceptors (Lipinski definition) is 4. The fraction of sp³-hybridized carbons (Fsp3) is 0.750. The highest BCUT2D eigenvalue weighted by Crippen LogP contribution is 2.31. The first-order valence-electron chi connectivity index (χ1n) is 8.55. The van der Waals surface area contributed by atoms with Crippen molar-refractivity contribution in [2.45, 2.75) is 51.5 Å². The Morgan fingerprint density at radius 1 is 1.30 bits per heavy atom. The van der Waals surface area contributed by atoms with Crippen molar-refractivity contribution < 1.29 is 9.59 Å². The summed E-state index contributed by atoms with van der Waals surface area (Å²) in [6.07, 6.45) is 9.08. The SMILES string of the molecule is CC(CC1CCCCC1)C(=O)N1CC(n2cc(C(N)=O)nn2)C1. The average molecular weight is 319 g/mol. The molecule has 23 heavy (non-hydrogen) atoms. The fourth-order valence-electron chi connectivity index (χ4n) is 3.71. The van der Waals surface area contributed by atoms with Gasteiger partial charge in [0, 0.05) is 19.0 Å². The van der Waals surface area contributed by atoms with Crippen molar-refractivity contribution in [2.75, 3.05) is 13.1 Å². The summed E-state index contributed by atoms with van der Waals surface area (Å²) in [5.41, 5.74) is 5.34. The van der Waals surface area contributed by atoms with Crippen molar-refractivity contribution >= 4 is 11.8 Å². The predicted octanol–water partition coefficient (Wildman–Crippen LogP) is 1.37. The minimum atomic E-state index is -0.579. The van der Waals surface area contributed by atoms with E-state index in [9.17, 15) is 9.59 Å². The maximum atomic E-state index is 12.5. The molecule has 0 radical (unpaired) electrons. The van der Waals surface area contributed by atoms with E-state index in [2.05, 4.69) is 10.3 Å². The minimum Gasteiger partial charge on any atom is -0.364 e. The first-order valence-corrected chi connectivity index (χ1v) is 8.55. The van der Waals surface area contributed by atoms with Gasteiger partial charge in [0.15, 0.2) is 5.69 Å². The van der Waals surface area contributed by atoms with Gasteiger partial charge < -0.3 is 10.6 Å². The summed E-state index contributed by atoms with van der Waals surface area (Å²) >= 11 is 0. The van der Waals surface area contributed by atoms with Gasteiger partial charge in [-0.3, -0.25) is 9.59 Å². The standard InChI is InChI=1S/C16H25N5O2/c1-11(7-12-5-3-2-4-6-12)16(23)20-8-13(9-20)21-10-14(15(17)22)18-19-21/h10-13H,2-9H2,1H3,(H2,17,22). The molecule has 1 aromatic heterocycles. The lowest BCUT2D eigenvalue weighted by atomic mass is 9.82. The van der Waals surface area contributed by atoms with Crippen LogP contribution < -0.4 is 5.73 Å². The second-order valence-corrected chi connectivity index (χ2v) is 6.99. The predicted molar refractivity (Wildman–Crippen MR) is 84.5 cm³/mol. The Bertz CT molecular complexity index is 573. The number of nitrogens with zero attached hydrogens (tertiary/aromatic N) is 4. The molecule has 1 aromatic rings. The second-order valence-electron chi connectivity index (χ2n) is 6.99. The van der Waals surface area contributed by atoms with E-state index in [0.717, 1.165) is 6.42 Å². The van der Waals surface area contributed by atoms with Gasteiger partial charge in [0.1, 0.15) is 0 Å². The monoisotopic (exact) mass is 319 g/mol. The van der Waals surface area contributed by atoms with Crippen molar-refractivity contribution in [3.8, 4) is 0 Å². The number of rotatable bonds is 5. The molecule has 2 aliphatic rings. The molecule has 126 valence electrons. The van der Waals surface area contributed by atoms with Crippen LogP contribution in [0.15, 0.2) is 6.20 Å². The number of carbonyl (C=O) groups excluding carboxylic acids is 2. The fourth-order valence-corrected chi connectivity index (χ4v) is 3.71. The molecule has 1 saturated heterocycles. The van der Waals surface area contributed by atoms with Crippen molar-refractivity contribution in [2.24, 2.45) is 17.6 Å². The van der Waals surface area contributed by atoms with Crippen LogP contribution in [0.4, 0.5) is 0 Å². The Balaban J connectivity index is 1.47. The van der Waals surface area contributed by atoms with E-state index in [1.165, 1.54) is 32.1 Å². The summed E-state index contributed by atoms with van der Waals surface area (Å²) in [5.74, 6) is 0.468. The van der Waals surface area contributed by atoms with Gasteiger partial charge in [-0.05, 0) is 12.3 Å². The molecule has 3 rings (SSSR count). The summed E-state index contributed by atoms with van der Waals surface area (Å²) in [7, 11) is 0. The van der Waals surface area contributed by atoms with E-state index in [4.69, 9.17) is 5.73 Å². The van der Waals surface area contributed by atoms with Crippen LogP contribution in [0.1, 0.15) is 62.0 Å². The van der Waals surface area contributed by atoms with Gasteiger partial charge in [0.25, 0.3) is 5.91 Å². The lowest BCUT2D eigenvalue weighted by molar-refractivity contribution is -0.141. The van der Waals surface area contributed by atoms with E-state index in [0.29, 0.717) is 19.0 Å². The third-order valence-corrected chi connectivity index (χ3v) is 5.14. The summed E-state index contributed by atoms with van der Waals surface area (Å²) in [6.45, 7) is 3.32. The van der Waals surface area contributed by atoms with Crippen molar-refractivity contribution in [1.29, 1.82) is 0 Å². The molecule has 1 aliphatic carbocycles. The van der Waals surface area contributed by atoms with Crippen LogP contribution in [0.2, 0.25) is 0 Å². The van der Waals surface area contributed by atoms with Crippen molar-refractivity contribution in [1.82, 2.24) is 19.9 Å². The summed E-state index contributed by atoms with van der Waals surface area (Å²) in [6, 6.07) is 0.0985. The maximum absolute atomic E-state index is 12.5. The molecule has 0 bridgehead atoms. The van der Waals surface area contributed by atoms with Gasteiger partial charge in [-0.15, -0.1) is 5.10 Å². The van der Waals surface area contributed by atoms with Crippen LogP contribution in [-0.2, 0) is 4.79 Å². The number of carbonyl (C=O) groups is 2. The third kappa shape index (κ3) is 3.54. The highest BCUT2D eigenvalue weighted by molar-refractivity contribution is 5.90. The first kappa shape index (κ1) is 16.0. The van der Waals surface area contributed by atoms with Gasteiger partial charge in [-0.2, -0.15) is 0 Å². The quantitative estimate of drug-likeness (QED) is 0.886. The van der Waals surface area contributed by atoms with E-state index in [1.54, 1.807) is 10.9 Å². The first-order chi connectivity index (χ1) is 11.0. The smallest absolute Gasteiger partial charge is 0.270 e. The van der Waals surface area contributed by atoms with E-state index in [-0.39, 0.29) is 23.6 Å². The van der Waals surface area contributed by atoms with Crippen LogP contribution in [0, 0.1) is 11.8 Å². The molecule has 1 saturated carbocycles. The van der Waals surface area contributed by atoms with Gasteiger partial charge in [0.2, 0.25) is 5.91 Å². The molecule has 0 aromatic carbocycles. The largest absolute Gasteiger partial charge is 0.364 e. The molecule has 7 nitrogen and oxygen atoms in total. The summed E-state index contributed by atoms with van der Waals surface area (Å²) in [5, 5.41) is 7.66. The highest BCUT2D eigenvalue weighted by Gasteiger charge is 2.35. The van der Waals surface area contributed by atoms with E-state index in [1.807, 2.05) is 11.8 Å². The molecule has 2 fully saturated rings. The number of nitrogens with two attached hydrogens (primary N) is 1. The van der Waals surface area contributed by atoms with Crippen LogP contribution in [0.3, 0.4) is 0 Å². The van der Waals surface area contributed by atoms with Gasteiger partial charge in [0.05, 0.1) is 12.2 Å². The summed E-state index contributed by atoms with van der Waals surface area (Å²) < 4.78 is 1.63. The molecule has 2 N–H and O–H groups in total. The molecule has 2 heterocycles. The Hall–Kier alpha value is -1.92. The highest BCUT2D eigenvalue weighted by atomic mass is 16.2. The Kier molecular flexibility index (Phi) is 4.63. The zero-order valence-electron chi connectivity index (χ0n) is 13.6. The lowest BCUT2D eigenvalue weighted by Crippen LogP contribution is -2.52. The maximum Gasteiger partial charge on any atom is 0.270 e. The number of likely N-dealkylation sites (tertiary alicyclic amines) is 1. The van der Waals surface area contributed by atoms with Crippen LogP contribution in [0.5, 0.6) is 0 Å². The summed E-state index contributed by atoms with van der Waals surface area (Å²) in [4.78, 5) is 25.4. The Morgan fingerprint density at radius 3 is 2.61 bits per heavy atom. The molecule has 1 unspecified atom stereocenters. The second kappa shape index (κ2) is 6.68. The number of amides is 2. The lowest BCUT2D eigenvalue weighted by Gasteiger charge is -2.40. The van der Waals surface area contributed by atoms with Gasteiger partial charge in [-0.1, -0.05) is 44.2 Å². The number of primary amides is 1. The van der Waals surface area contributed by atoms with E-state index < -0.39 is 5.91 Å². The molecular formula is C16H25N5O2. The molecular weight excluding hydrogens is 294 g/mol. The Labute approximate surface area is 136 Å². The van der Waals surface area contributed by atoms with Gasteiger partial charge in [-0.25, -0.2) is 4.68 Å². The topological polar surface area (TPSA) is 94.1 Å². The van der Waals surface area contributed by atoms with Crippen LogP contribution in [-0.4, -0.2) is 44.8 Å². The van der Waals surface area contributed by atoms with Crippen LogP contribution >= 0.6 is 0 Å². The zero-order chi connectivity index (χ0) is 16.4. The van der Waals surface area contributed by atoms with Crippen molar-refractivity contribution in [3.05, 3.63) is 11.9 Å². The van der Waals surface area contributed by atoms with Crippen molar-refractivity contribution in [3.63, 3.8) is 0 Å². The zero-order valence-corrected chi connectivity index (χ0v) is 13.6. The van der Waals surface area contributed by atoms with Gasteiger partial charge >= 0.3 is 0 Å². The minimum absolute atomic E-state index is 0.0935. The van der Waals surface area contributed by atoms with Crippen LogP contribution in [0.25, 0.3) is 0 Å². The molecule has 1 aliphatic heterocycles. The average Bonchev–Trinajstić information content (AvgIpc) is 2.96. The Morgan fingerprint density at radius 2 is 2.00 bits per heavy atom.